The van der Waals surface area contributed by atoms with Crippen molar-refractivity contribution in [2.45, 2.75) is 26.0 Å². The van der Waals surface area contributed by atoms with E-state index >= 15 is 0 Å². The first-order valence-electron chi connectivity index (χ1n) is 9.56. The smallest absolute Gasteiger partial charge is 0.266 e. The fraction of sp³-hybridized carbons (Fsp3) is 0.217. The van der Waals surface area contributed by atoms with E-state index in [2.05, 4.69) is 0 Å². The van der Waals surface area contributed by atoms with E-state index in [0.717, 1.165) is 16.8 Å². The molecule has 0 saturated carbocycles. The lowest BCUT2D eigenvalue weighted by molar-refractivity contribution is -0.126. The highest BCUT2D eigenvalue weighted by Crippen LogP contribution is 2.48. The third kappa shape index (κ3) is 2.68. The lowest BCUT2D eigenvalue weighted by atomic mass is 9.94. The van der Waals surface area contributed by atoms with Gasteiger partial charge in [0.05, 0.1) is 17.6 Å². The average Bonchev–Trinajstić information content (AvgIpc) is 3.41. The van der Waals surface area contributed by atoms with E-state index in [1.54, 1.807) is 29.5 Å². The molecule has 2 saturated heterocycles. The Balaban J connectivity index is 1.58. The third-order valence-corrected chi connectivity index (χ3v) is 5.60. The van der Waals surface area contributed by atoms with Gasteiger partial charge in [-0.05, 0) is 49.7 Å². The van der Waals surface area contributed by atoms with Crippen LogP contribution in [0.3, 0.4) is 0 Å². The van der Waals surface area contributed by atoms with Crippen molar-refractivity contribution in [2.24, 2.45) is 5.92 Å². The van der Waals surface area contributed by atoms with E-state index in [4.69, 9.17) is 9.25 Å². The lowest BCUT2D eigenvalue weighted by Crippen LogP contribution is -2.37. The van der Waals surface area contributed by atoms with Gasteiger partial charge in [-0.3, -0.25) is 14.4 Å². The molecule has 0 bridgehead atoms. The van der Waals surface area contributed by atoms with E-state index in [-0.39, 0.29) is 11.8 Å². The summed E-state index contributed by atoms with van der Waals surface area (Å²) in [6.45, 7) is 3.93. The lowest BCUT2D eigenvalue weighted by Gasteiger charge is -2.28. The minimum Gasteiger partial charge on any atom is -0.467 e. The molecule has 2 aliphatic rings. The Morgan fingerprint density at radius 3 is 2.31 bits per heavy atom. The van der Waals surface area contributed by atoms with Crippen molar-refractivity contribution in [3.63, 3.8) is 0 Å². The molecule has 2 amide bonds. The van der Waals surface area contributed by atoms with E-state index < -0.39 is 18.1 Å². The van der Waals surface area contributed by atoms with Gasteiger partial charge < -0.3 is 4.42 Å². The van der Waals surface area contributed by atoms with Crippen LogP contribution in [0.25, 0.3) is 0 Å². The van der Waals surface area contributed by atoms with E-state index in [1.165, 1.54) is 4.90 Å². The third-order valence-electron chi connectivity index (χ3n) is 5.60. The zero-order chi connectivity index (χ0) is 20.1. The molecular formula is C23H20N2O4. The fourth-order valence-electron chi connectivity index (χ4n) is 4.13. The molecule has 0 unspecified atom stereocenters. The Bertz CT molecular complexity index is 1070. The number of rotatable bonds is 3. The van der Waals surface area contributed by atoms with Gasteiger partial charge in [-0.25, -0.2) is 9.96 Å². The fourth-order valence-corrected chi connectivity index (χ4v) is 4.13. The van der Waals surface area contributed by atoms with Gasteiger partial charge in [0.25, 0.3) is 5.91 Å². The number of benzene rings is 2. The molecule has 29 heavy (non-hydrogen) atoms. The Labute approximate surface area is 168 Å². The van der Waals surface area contributed by atoms with Crippen LogP contribution in [0.5, 0.6) is 0 Å². The van der Waals surface area contributed by atoms with Gasteiger partial charge in [-0.1, -0.05) is 35.9 Å². The standard InChI is InChI=1S/C23H20N2O4/c1-14-9-11-16(12-10-14)24-22(26)19-20(18-8-5-13-28-18)25(29-21(19)23(24)27)17-7-4-3-6-15(17)2/h3-13,19-21H,1-2H3/t19-,20-,21-/m1/s1. The van der Waals surface area contributed by atoms with Crippen LogP contribution in [0.15, 0.2) is 71.3 Å². The van der Waals surface area contributed by atoms with Gasteiger partial charge in [0.1, 0.15) is 17.7 Å². The number of carbonyl (C=O) groups excluding carboxylic acids is 2. The molecule has 3 atom stereocenters. The molecule has 1 aromatic heterocycles. The number of fused-ring (bicyclic) bond motifs is 1. The summed E-state index contributed by atoms with van der Waals surface area (Å²) >= 11 is 0. The van der Waals surface area contributed by atoms with Crippen LogP contribution in [0.4, 0.5) is 11.4 Å². The highest BCUT2D eigenvalue weighted by Gasteiger charge is 2.61. The van der Waals surface area contributed by atoms with Crippen LogP contribution < -0.4 is 9.96 Å². The first-order valence-corrected chi connectivity index (χ1v) is 9.56. The van der Waals surface area contributed by atoms with Gasteiger partial charge >= 0.3 is 0 Å². The number of carbonyl (C=O) groups is 2. The number of hydrogen-bond acceptors (Lipinski definition) is 5. The van der Waals surface area contributed by atoms with Crippen LogP contribution in [-0.2, 0) is 14.4 Å². The second-order valence-corrected chi connectivity index (χ2v) is 7.47. The van der Waals surface area contributed by atoms with Crippen molar-refractivity contribution in [3.05, 3.63) is 83.8 Å². The van der Waals surface area contributed by atoms with Crippen LogP contribution in [0, 0.1) is 19.8 Å². The Morgan fingerprint density at radius 2 is 1.62 bits per heavy atom. The van der Waals surface area contributed by atoms with Crippen molar-refractivity contribution in [2.75, 3.05) is 9.96 Å². The number of hydroxylamine groups is 1. The monoisotopic (exact) mass is 388 g/mol. The van der Waals surface area contributed by atoms with Crippen LogP contribution in [-0.4, -0.2) is 17.9 Å². The minimum absolute atomic E-state index is 0.277. The predicted octanol–water partition coefficient (Wildman–Crippen LogP) is 3.95. The molecule has 2 aliphatic heterocycles. The van der Waals surface area contributed by atoms with E-state index in [1.807, 2.05) is 56.3 Å². The van der Waals surface area contributed by atoms with E-state index in [0.29, 0.717) is 11.4 Å². The predicted molar refractivity (Wildman–Crippen MR) is 107 cm³/mol. The summed E-state index contributed by atoms with van der Waals surface area (Å²) < 4.78 is 5.65. The second kappa shape index (κ2) is 6.60. The summed E-state index contributed by atoms with van der Waals surface area (Å²) in [7, 11) is 0. The van der Waals surface area contributed by atoms with Crippen molar-refractivity contribution in [1.82, 2.24) is 0 Å². The first kappa shape index (κ1) is 17.7. The van der Waals surface area contributed by atoms with Gasteiger partial charge in [0.2, 0.25) is 5.91 Å². The highest BCUT2D eigenvalue weighted by atomic mass is 16.7. The molecule has 6 heteroatoms. The summed E-state index contributed by atoms with van der Waals surface area (Å²) in [6.07, 6.45) is 0.677. The number of imide groups is 1. The number of aryl methyl sites for hydroxylation is 2. The molecule has 3 heterocycles. The number of para-hydroxylation sites is 1. The molecule has 0 N–H and O–H groups in total. The van der Waals surface area contributed by atoms with E-state index in [9.17, 15) is 9.59 Å². The summed E-state index contributed by atoms with van der Waals surface area (Å²) in [6, 6.07) is 18.1. The maximum absolute atomic E-state index is 13.4. The normalized spacial score (nSPS) is 23.7. The average molecular weight is 388 g/mol. The number of anilines is 2. The molecule has 5 rings (SSSR count). The molecule has 0 aliphatic carbocycles. The molecule has 0 radical (unpaired) electrons. The second-order valence-electron chi connectivity index (χ2n) is 7.47. The van der Waals surface area contributed by atoms with Crippen molar-refractivity contribution in [3.8, 4) is 0 Å². The zero-order valence-corrected chi connectivity index (χ0v) is 16.1. The highest BCUT2D eigenvalue weighted by molar-refractivity contribution is 6.23. The van der Waals surface area contributed by atoms with Crippen LogP contribution >= 0.6 is 0 Å². The Kier molecular flexibility index (Phi) is 4.03. The first-order chi connectivity index (χ1) is 14.1. The van der Waals surface area contributed by atoms with Crippen molar-refractivity contribution >= 4 is 23.2 Å². The Morgan fingerprint density at radius 1 is 0.862 bits per heavy atom. The molecule has 0 spiro atoms. The van der Waals surface area contributed by atoms with Crippen molar-refractivity contribution < 1.29 is 18.8 Å². The summed E-state index contributed by atoms with van der Waals surface area (Å²) in [5.41, 5.74) is 3.41. The molecule has 146 valence electrons. The number of nitrogens with zero attached hydrogens (tertiary/aromatic N) is 2. The van der Waals surface area contributed by atoms with Gasteiger partial charge in [0.15, 0.2) is 6.10 Å². The maximum atomic E-state index is 13.4. The topological polar surface area (TPSA) is 63.0 Å². The zero-order valence-electron chi connectivity index (χ0n) is 16.1. The van der Waals surface area contributed by atoms with Gasteiger partial charge in [-0.2, -0.15) is 0 Å². The molecule has 3 aromatic rings. The maximum Gasteiger partial charge on any atom is 0.266 e. The molecule has 2 aromatic carbocycles. The van der Waals surface area contributed by atoms with Crippen LogP contribution in [0.2, 0.25) is 0 Å². The van der Waals surface area contributed by atoms with Crippen LogP contribution in [0.1, 0.15) is 22.9 Å². The summed E-state index contributed by atoms with van der Waals surface area (Å²) in [4.78, 5) is 33.9. The van der Waals surface area contributed by atoms with Crippen molar-refractivity contribution in [1.29, 1.82) is 0 Å². The summed E-state index contributed by atoms with van der Waals surface area (Å²) in [5, 5.41) is 1.66. The Hall–Kier alpha value is -3.38. The largest absolute Gasteiger partial charge is 0.467 e. The molecule has 2 fully saturated rings. The quantitative estimate of drug-likeness (QED) is 0.636. The molecule has 6 nitrogen and oxygen atoms in total. The van der Waals surface area contributed by atoms with Gasteiger partial charge in [-0.15, -0.1) is 0 Å². The number of hydrogen-bond donors (Lipinski definition) is 0. The SMILES string of the molecule is Cc1ccc(N2C(=O)[C@@H]3[C@@H](c4ccco4)N(c4ccccc4C)O[C@H]3C2=O)cc1. The van der Waals surface area contributed by atoms with Gasteiger partial charge in [0, 0.05) is 0 Å². The summed E-state index contributed by atoms with van der Waals surface area (Å²) in [5.74, 6) is -0.722. The number of amides is 2. The molecular weight excluding hydrogens is 368 g/mol. The number of furan rings is 1. The minimum atomic E-state index is -0.890.